The summed E-state index contributed by atoms with van der Waals surface area (Å²) in [6.45, 7) is 1.88. The van der Waals surface area contributed by atoms with Gasteiger partial charge in [-0.2, -0.15) is 0 Å². The summed E-state index contributed by atoms with van der Waals surface area (Å²) in [7, 11) is 0. The Bertz CT molecular complexity index is 702. The summed E-state index contributed by atoms with van der Waals surface area (Å²) >= 11 is 1.33. The molecule has 1 heterocycles. The number of halogens is 3. The third-order valence-electron chi connectivity index (χ3n) is 2.78. The molecule has 4 nitrogen and oxygen atoms in total. The number of benzene rings is 1. The van der Waals surface area contributed by atoms with E-state index in [0.29, 0.717) is 21.8 Å². The third kappa shape index (κ3) is 4.62. The van der Waals surface area contributed by atoms with Crippen LogP contribution in [0.2, 0.25) is 0 Å². The van der Waals surface area contributed by atoms with Crippen molar-refractivity contribution in [2.75, 3.05) is 5.75 Å². The summed E-state index contributed by atoms with van der Waals surface area (Å²) in [5, 5.41) is 9.10. The highest BCUT2D eigenvalue weighted by Gasteiger charge is 2.30. The van der Waals surface area contributed by atoms with Gasteiger partial charge < -0.3 is 9.84 Å². The lowest BCUT2D eigenvalue weighted by Gasteiger charge is -2.10. The molecule has 0 aliphatic heterocycles. The largest absolute Gasteiger partial charge is 0.573 e. The predicted molar refractivity (Wildman–Crippen MR) is 79.7 cm³/mol. The highest BCUT2D eigenvalue weighted by atomic mass is 32.2. The summed E-state index contributed by atoms with van der Waals surface area (Å²) in [5.74, 6) is -0.773. The van der Waals surface area contributed by atoms with Gasteiger partial charge >= 0.3 is 12.3 Å². The second-order valence-corrected chi connectivity index (χ2v) is 5.69. The maximum Gasteiger partial charge on any atom is 0.573 e. The molecule has 1 N–H and O–H groups in total. The number of hydrogen-bond donors (Lipinski definition) is 1. The average Bonchev–Trinajstić information content (AvgIpc) is 2.46. The molecule has 1 aromatic heterocycles. The van der Waals surface area contributed by atoms with E-state index in [1.807, 2.05) is 6.92 Å². The highest BCUT2D eigenvalue weighted by molar-refractivity contribution is 7.99. The first kappa shape index (κ1) is 17.1. The lowest BCUT2D eigenvalue weighted by molar-refractivity contribution is -0.274. The van der Waals surface area contributed by atoms with Gasteiger partial charge in [-0.1, -0.05) is 19.1 Å². The molecule has 0 amide bonds. The molecule has 0 unspecified atom stereocenters. The fraction of sp³-hybridized carbons (Fsp3) is 0.200. The van der Waals surface area contributed by atoms with E-state index in [1.165, 1.54) is 42.2 Å². The number of aromatic nitrogens is 1. The van der Waals surface area contributed by atoms with E-state index in [2.05, 4.69) is 9.72 Å². The Kier molecular flexibility index (Phi) is 5.15. The molecule has 0 saturated heterocycles. The monoisotopic (exact) mass is 343 g/mol. The molecule has 0 saturated carbocycles. The smallest absolute Gasteiger partial charge is 0.476 e. The number of thioether (sulfide) groups is 1. The van der Waals surface area contributed by atoms with Gasteiger partial charge in [-0.15, -0.1) is 24.9 Å². The van der Waals surface area contributed by atoms with Gasteiger partial charge in [0, 0.05) is 16.7 Å². The van der Waals surface area contributed by atoms with Crippen LogP contribution in [0.4, 0.5) is 13.2 Å². The van der Waals surface area contributed by atoms with Gasteiger partial charge in [0.15, 0.2) is 5.69 Å². The Morgan fingerprint density at radius 2 is 1.91 bits per heavy atom. The number of alkyl halides is 3. The highest BCUT2D eigenvalue weighted by Crippen LogP contribution is 2.30. The van der Waals surface area contributed by atoms with E-state index in [4.69, 9.17) is 5.11 Å². The van der Waals surface area contributed by atoms with Crippen molar-refractivity contribution in [1.29, 1.82) is 0 Å². The van der Waals surface area contributed by atoms with Crippen molar-refractivity contribution in [3.05, 3.63) is 42.2 Å². The number of ether oxygens (including phenoxy) is 1. The zero-order valence-electron chi connectivity index (χ0n) is 11.9. The summed E-state index contributed by atoms with van der Waals surface area (Å²) < 4.78 is 40.2. The number of nitrogens with zero attached hydrogens (tertiary/aromatic N) is 1. The van der Waals surface area contributed by atoms with Crippen LogP contribution in [0.3, 0.4) is 0 Å². The molecule has 0 bridgehead atoms. The minimum Gasteiger partial charge on any atom is -0.476 e. The molecular formula is C15H12F3NO3S. The fourth-order valence-corrected chi connectivity index (χ4v) is 2.68. The van der Waals surface area contributed by atoms with E-state index in [-0.39, 0.29) is 11.4 Å². The first-order valence-corrected chi connectivity index (χ1v) is 7.51. The van der Waals surface area contributed by atoms with Crippen molar-refractivity contribution in [3.63, 3.8) is 0 Å². The van der Waals surface area contributed by atoms with Crippen LogP contribution < -0.4 is 4.74 Å². The normalized spacial score (nSPS) is 11.3. The van der Waals surface area contributed by atoms with Gasteiger partial charge in [0.25, 0.3) is 0 Å². The summed E-state index contributed by atoms with van der Waals surface area (Å²) in [6.07, 6.45) is -3.36. The zero-order chi connectivity index (χ0) is 17.0. The SMILES string of the molecule is CCSc1cc(-c2ccc(OC(F)(F)F)cc2)cnc1C(=O)O. The lowest BCUT2D eigenvalue weighted by atomic mass is 10.1. The molecule has 0 radical (unpaired) electrons. The Morgan fingerprint density at radius 1 is 1.26 bits per heavy atom. The quantitative estimate of drug-likeness (QED) is 0.813. The molecule has 0 aliphatic rings. The van der Waals surface area contributed by atoms with Gasteiger partial charge in [-0.25, -0.2) is 9.78 Å². The number of carboxylic acids is 1. The molecule has 23 heavy (non-hydrogen) atoms. The maximum atomic E-state index is 12.1. The number of hydrogen-bond acceptors (Lipinski definition) is 4. The average molecular weight is 343 g/mol. The van der Waals surface area contributed by atoms with Crippen LogP contribution in [0, 0.1) is 0 Å². The van der Waals surface area contributed by atoms with E-state index in [1.54, 1.807) is 6.07 Å². The van der Waals surface area contributed by atoms with E-state index in [0.717, 1.165) is 0 Å². The molecule has 0 aliphatic carbocycles. The molecule has 0 atom stereocenters. The standard InChI is InChI=1S/C15H12F3NO3S/c1-2-23-12-7-10(8-19-13(12)14(20)21)9-3-5-11(6-4-9)22-15(16,17)18/h3-8H,2H2,1H3,(H,20,21). The number of carboxylic acid groups (broad SMARTS) is 1. The molecule has 0 fully saturated rings. The van der Waals surface area contributed by atoms with Gasteiger partial charge in [0.2, 0.25) is 0 Å². The molecule has 1 aromatic carbocycles. The van der Waals surface area contributed by atoms with Crippen LogP contribution in [0.5, 0.6) is 5.75 Å². The number of rotatable bonds is 5. The number of pyridine rings is 1. The second kappa shape index (κ2) is 6.91. The van der Waals surface area contributed by atoms with E-state index < -0.39 is 12.3 Å². The van der Waals surface area contributed by atoms with Gasteiger partial charge in [0.1, 0.15) is 5.75 Å². The van der Waals surface area contributed by atoms with E-state index >= 15 is 0 Å². The maximum absolute atomic E-state index is 12.1. The Balaban J connectivity index is 2.31. The van der Waals surface area contributed by atoms with Gasteiger partial charge in [0.05, 0.1) is 0 Å². The fourth-order valence-electron chi connectivity index (χ4n) is 1.88. The molecule has 122 valence electrons. The summed E-state index contributed by atoms with van der Waals surface area (Å²) in [6, 6.07) is 6.96. The van der Waals surface area contributed by atoms with Crippen molar-refractivity contribution >= 4 is 17.7 Å². The predicted octanol–water partition coefficient (Wildman–Crippen LogP) is 4.46. The van der Waals surface area contributed by atoms with Gasteiger partial charge in [-0.3, -0.25) is 0 Å². The van der Waals surface area contributed by atoms with Crippen molar-refractivity contribution < 1.29 is 27.8 Å². The van der Waals surface area contributed by atoms with Crippen LogP contribution in [-0.4, -0.2) is 28.2 Å². The second-order valence-electron chi connectivity index (χ2n) is 4.38. The number of carbonyl (C=O) groups is 1. The van der Waals surface area contributed by atoms with Crippen molar-refractivity contribution in [1.82, 2.24) is 4.98 Å². The number of aromatic carboxylic acids is 1. The van der Waals surface area contributed by atoms with Crippen LogP contribution in [-0.2, 0) is 0 Å². The Morgan fingerprint density at radius 3 is 2.43 bits per heavy atom. The van der Waals surface area contributed by atoms with Crippen molar-refractivity contribution in [2.45, 2.75) is 18.2 Å². The van der Waals surface area contributed by atoms with Crippen LogP contribution in [0.25, 0.3) is 11.1 Å². The molecular weight excluding hydrogens is 331 g/mol. The van der Waals surface area contributed by atoms with Gasteiger partial charge in [-0.05, 0) is 29.5 Å². The molecule has 2 aromatic rings. The van der Waals surface area contributed by atoms with Crippen LogP contribution >= 0.6 is 11.8 Å². The topological polar surface area (TPSA) is 59.4 Å². The van der Waals surface area contributed by atoms with Crippen molar-refractivity contribution in [3.8, 4) is 16.9 Å². The molecule has 8 heteroatoms. The molecule has 2 rings (SSSR count). The molecule has 0 spiro atoms. The Labute approximate surface area is 134 Å². The minimum atomic E-state index is -4.74. The first-order chi connectivity index (χ1) is 10.8. The lowest BCUT2D eigenvalue weighted by Crippen LogP contribution is -2.16. The summed E-state index contributed by atoms with van der Waals surface area (Å²) in [5.41, 5.74) is 1.18. The van der Waals surface area contributed by atoms with Crippen LogP contribution in [0.1, 0.15) is 17.4 Å². The third-order valence-corrected chi connectivity index (χ3v) is 3.69. The zero-order valence-corrected chi connectivity index (χ0v) is 12.7. The first-order valence-electron chi connectivity index (χ1n) is 6.52. The van der Waals surface area contributed by atoms with Crippen LogP contribution in [0.15, 0.2) is 41.4 Å². The van der Waals surface area contributed by atoms with Crippen molar-refractivity contribution in [2.24, 2.45) is 0 Å². The minimum absolute atomic E-state index is 0.0439. The Hall–Kier alpha value is -2.22. The van der Waals surface area contributed by atoms with E-state index in [9.17, 15) is 18.0 Å². The summed E-state index contributed by atoms with van der Waals surface area (Å²) in [4.78, 5) is 15.6.